The van der Waals surface area contributed by atoms with Crippen molar-refractivity contribution in [2.45, 2.75) is 25.7 Å². The van der Waals surface area contributed by atoms with E-state index in [9.17, 15) is 0 Å². The number of nitrogens with two attached hydrogens (primary N) is 1. The first-order chi connectivity index (χ1) is 7.77. The molecule has 0 aliphatic heterocycles. The lowest BCUT2D eigenvalue weighted by atomic mass is 10.1. The normalized spacial score (nSPS) is 14.9. The molecule has 2 aromatic heterocycles. The van der Waals surface area contributed by atoms with E-state index in [1.807, 2.05) is 30.5 Å². The van der Waals surface area contributed by atoms with Crippen LogP contribution in [0.1, 0.15) is 24.4 Å². The average molecular weight is 237 g/mol. The lowest BCUT2D eigenvalue weighted by molar-refractivity contribution is 0.0172. The van der Waals surface area contributed by atoms with Crippen LogP contribution in [-0.2, 0) is 11.3 Å². The van der Waals surface area contributed by atoms with Crippen molar-refractivity contribution in [2.75, 3.05) is 0 Å². The van der Waals surface area contributed by atoms with Gasteiger partial charge in [-0.1, -0.05) is 0 Å². The van der Waals surface area contributed by atoms with Crippen molar-refractivity contribution in [1.29, 1.82) is 0 Å². The van der Waals surface area contributed by atoms with Crippen LogP contribution in [0.3, 0.4) is 0 Å². The Morgan fingerprint density at radius 2 is 2.38 bits per heavy atom. The Morgan fingerprint density at radius 3 is 2.94 bits per heavy atom. The van der Waals surface area contributed by atoms with Gasteiger partial charge in [-0.3, -0.25) is 0 Å². The van der Waals surface area contributed by atoms with Crippen LogP contribution >= 0.6 is 11.3 Å². The zero-order valence-corrected chi connectivity index (χ0v) is 9.94. The molecule has 2 atom stereocenters. The summed E-state index contributed by atoms with van der Waals surface area (Å²) in [4.78, 5) is 0. The van der Waals surface area contributed by atoms with Crippen LogP contribution in [0.5, 0.6) is 0 Å². The van der Waals surface area contributed by atoms with Gasteiger partial charge in [-0.2, -0.15) is 11.3 Å². The Hall–Kier alpha value is -1.10. The third-order valence-electron chi connectivity index (χ3n) is 2.33. The van der Waals surface area contributed by atoms with Crippen LogP contribution in [0, 0.1) is 0 Å². The SMILES string of the molecule is CC(N)C(OCc1ccco1)c1ccsc1. The van der Waals surface area contributed by atoms with Crippen LogP contribution in [0.25, 0.3) is 0 Å². The smallest absolute Gasteiger partial charge is 0.129 e. The Morgan fingerprint density at radius 1 is 1.50 bits per heavy atom. The van der Waals surface area contributed by atoms with Crippen molar-refractivity contribution in [3.05, 3.63) is 46.5 Å². The van der Waals surface area contributed by atoms with E-state index in [0.717, 1.165) is 11.3 Å². The van der Waals surface area contributed by atoms with Gasteiger partial charge in [-0.15, -0.1) is 0 Å². The molecule has 0 aliphatic carbocycles. The van der Waals surface area contributed by atoms with Gasteiger partial charge in [0.2, 0.25) is 0 Å². The first-order valence-electron chi connectivity index (χ1n) is 5.19. The van der Waals surface area contributed by atoms with Crippen molar-refractivity contribution in [3.8, 4) is 0 Å². The molecule has 2 N–H and O–H groups in total. The minimum atomic E-state index is -0.0728. The minimum Gasteiger partial charge on any atom is -0.467 e. The van der Waals surface area contributed by atoms with Crippen LogP contribution < -0.4 is 5.73 Å². The highest BCUT2D eigenvalue weighted by Crippen LogP contribution is 2.24. The summed E-state index contributed by atoms with van der Waals surface area (Å²) < 4.78 is 11.0. The predicted molar refractivity (Wildman–Crippen MR) is 64.2 cm³/mol. The Balaban J connectivity index is 1.99. The van der Waals surface area contributed by atoms with Crippen molar-refractivity contribution in [3.63, 3.8) is 0 Å². The van der Waals surface area contributed by atoms with Crippen LogP contribution in [0.15, 0.2) is 39.6 Å². The summed E-state index contributed by atoms with van der Waals surface area (Å²) in [6, 6.07) is 5.75. The van der Waals surface area contributed by atoms with Gasteiger partial charge < -0.3 is 14.9 Å². The predicted octanol–water partition coefficient (Wildman–Crippen LogP) is 2.95. The summed E-state index contributed by atoms with van der Waals surface area (Å²) in [5.41, 5.74) is 7.05. The number of rotatable bonds is 5. The summed E-state index contributed by atoms with van der Waals surface area (Å²) in [5, 5.41) is 4.09. The summed E-state index contributed by atoms with van der Waals surface area (Å²) in [6.45, 7) is 2.40. The first kappa shape index (κ1) is 11.4. The number of thiophene rings is 1. The summed E-state index contributed by atoms with van der Waals surface area (Å²) >= 11 is 1.65. The van der Waals surface area contributed by atoms with Crippen molar-refractivity contribution in [1.82, 2.24) is 0 Å². The van der Waals surface area contributed by atoms with Gasteiger partial charge in [0.25, 0.3) is 0 Å². The molecule has 0 spiro atoms. The van der Waals surface area contributed by atoms with E-state index in [-0.39, 0.29) is 12.1 Å². The van der Waals surface area contributed by atoms with Gasteiger partial charge in [0.05, 0.1) is 12.4 Å². The molecule has 86 valence electrons. The molecule has 2 aromatic rings. The van der Waals surface area contributed by atoms with Crippen LogP contribution in [-0.4, -0.2) is 6.04 Å². The molecule has 0 aliphatic rings. The second kappa shape index (κ2) is 5.30. The lowest BCUT2D eigenvalue weighted by Crippen LogP contribution is -2.26. The highest BCUT2D eigenvalue weighted by Gasteiger charge is 2.17. The van der Waals surface area contributed by atoms with Gasteiger partial charge in [0, 0.05) is 6.04 Å². The molecular weight excluding hydrogens is 222 g/mol. The summed E-state index contributed by atoms with van der Waals surface area (Å²) in [6.07, 6.45) is 1.57. The van der Waals surface area contributed by atoms with Crippen molar-refractivity contribution < 1.29 is 9.15 Å². The van der Waals surface area contributed by atoms with E-state index in [2.05, 4.69) is 5.38 Å². The summed E-state index contributed by atoms with van der Waals surface area (Å²) in [5.74, 6) is 0.820. The van der Waals surface area contributed by atoms with E-state index < -0.39 is 0 Å². The topological polar surface area (TPSA) is 48.4 Å². The van der Waals surface area contributed by atoms with E-state index in [0.29, 0.717) is 6.61 Å². The molecule has 2 unspecified atom stereocenters. The maximum atomic E-state index is 5.92. The fourth-order valence-corrected chi connectivity index (χ4v) is 2.24. The molecule has 0 amide bonds. The highest BCUT2D eigenvalue weighted by molar-refractivity contribution is 7.07. The monoisotopic (exact) mass is 237 g/mol. The fraction of sp³-hybridized carbons (Fsp3) is 0.333. The molecule has 0 bridgehead atoms. The van der Waals surface area contributed by atoms with E-state index in [1.165, 1.54) is 0 Å². The third kappa shape index (κ3) is 2.72. The van der Waals surface area contributed by atoms with Gasteiger partial charge in [-0.25, -0.2) is 0 Å². The zero-order chi connectivity index (χ0) is 11.4. The molecule has 2 rings (SSSR count). The molecule has 0 saturated heterocycles. The van der Waals surface area contributed by atoms with Crippen LogP contribution in [0.4, 0.5) is 0 Å². The molecule has 0 saturated carbocycles. The van der Waals surface area contributed by atoms with E-state index in [1.54, 1.807) is 17.6 Å². The zero-order valence-electron chi connectivity index (χ0n) is 9.13. The van der Waals surface area contributed by atoms with Gasteiger partial charge in [-0.05, 0) is 41.4 Å². The van der Waals surface area contributed by atoms with Crippen LogP contribution in [0.2, 0.25) is 0 Å². The number of hydrogen-bond donors (Lipinski definition) is 1. The Kier molecular flexibility index (Phi) is 3.77. The maximum absolute atomic E-state index is 5.92. The molecular formula is C12H15NO2S. The highest BCUT2D eigenvalue weighted by atomic mass is 32.1. The maximum Gasteiger partial charge on any atom is 0.129 e. The lowest BCUT2D eigenvalue weighted by Gasteiger charge is -2.19. The van der Waals surface area contributed by atoms with Gasteiger partial charge in [0.1, 0.15) is 12.4 Å². The largest absolute Gasteiger partial charge is 0.467 e. The van der Waals surface area contributed by atoms with E-state index in [4.69, 9.17) is 14.9 Å². The first-order valence-corrected chi connectivity index (χ1v) is 6.13. The molecule has 0 fully saturated rings. The average Bonchev–Trinajstić information content (AvgIpc) is 2.88. The number of hydrogen-bond acceptors (Lipinski definition) is 4. The molecule has 0 radical (unpaired) electrons. The molecule has 0 aromatic carbocycles. The molecule has 3 nitrogen and oxygen atoms in total. The minimum absolute atomic E-state index is 0.0374. The van der Waals surface area contributed by atoms with Gasteiger partial charge in [0.15, 0.2) is 0 Å². The van der Waals surface area contributed by atoms with Crippen molar-refractivity contribution in [2.24, 2.45) is 5.73 Å². The molecule has 16 heavy (non-hydrogen) atoms. The fourth-order valence-electron chi connectivity index (χ4n) is 1.56. The number of ether oxygens (including phenoxy) is 1. The standard InChI is InChI=1S/C12H15NO2S/c1-9(13)12(10-4-6-16-8-10)15-7-11-3-2-5-14-11/h2-6,8-9,12H,7,13H2,1H3. The number of furan rings is 1. The molecule has 4 heteroatoms. The quantitative estimate of drug-likeness (QED) is 0.869. The Labute approximate surface area is 98.8 Å². The van der Waals surface area contributed by atoms with Gasteiger partial charge >= 0.3 is 0 Å². The summed E-state index contributed by atoms with van der Waals surface area (Å²) in [7, 11) is 0. The second-order valence-electron chi connectivity index (χ2n) is 3.73. The Bertz CT molecular complexity index is 395. The molecule has 2 heterocycles. The van der Waals surface area contributed by atoms with E-state index >= 15 is 0 Å². The second-order valence-corrected chi connectivity index (χ2v) is 4.51. The third-order valence-corrected chi connectivity index (χ3v) is 3.04. The van der Waals surface area contributed by atoms with Crippen molar-refractivity contribution >= 4 is 11.3 Å².